The minimum Gasteiger partial charge on any atom is -0.359 e. The highest BCUT2D eigenvalue weighted by Gasteiger charge is 2.15. The maximum absolute atomic E-state index is 4.77. The largest absolute Gasteiger partial charge is 0.359 e. The summed E-state index contributed by atoms with van der Waals surface area (Å²) in [5.74, 6) is 0. The molecule has 0 amide bonds. The number of aromatic nitrogens is 4. The molecule has 3 aromatic heterocycles. The molecule has 5 rings (SSSR count). The van der Waals surface area contributed by atoms with Crippen molar-refractivity contribution in [2.45, 2.75) is 44.7 Å². The van der Waals surface area contributed by atoms with E-state index in [4.69, 9.17) is 4.98 Å². The van der Waals surface area contributed by atoms with Gasteiger partial charge >= 0.3 is 0 Å². The number of benzene rings is 1. The summed E-state index contributed by atoms with van der Waals surface area (Å²) in [5.41, 5.74) is 4.20. The van der Waals surface area contributed by atoms with Gasteiger partial charge in [-0.25, -0.2) is 15.0 Å². The summed E-state index contributed by atoms with van der Waals surface area (Å²) in [7, 11) is 0. The first-order valence-corrected chi connectivity index (χ1v) is 10.1. The zero-order chi connectivity index (χ0) is 17.3. The number of nitrogens with one attached hydrogen (secondary N) is 1. The smallest absolute Gasteiger partial charge is 0.184 e. The Morgan fingerprint density at radius 3 is 2.96 bits per heavy atom. The number of pyridine rings is 1. The van der Waals surface area contributed by atoms with E-state index in [1.807, 2.05) is 12.4 Å². The Labute approximate surface area is 156 Å². The lowest BCUT2D eigenvalue weighted by Gasteiger charge is -2.22. The van der Waals surface area contributed by atoms with Crippen LogP contribution in [0, 0.1) is 0 Å². The van der Waals surface area contributed by atoms with Crippen LogP contribution in [0.25, 0.3) is 21.4 Å². The number of hydrogen-bond donors (Lipinski definition) is 1. The molecular formula is C20H21N5S. The van der Waals surface area contributed by atoms with Crippen molar-refractivity contribution in [1.82, 2.24) is 19.5 Å². The van der Waals surface area contributed by atoms with E-state index in [1.54, 1.807) is 17.5 Å². The average molecular weight is 363 g/mol. The fourth-order valence-electron chi connectivity index (χ4n) is 3.77. The van der Waals surface area contributed by atoms with Gasteiger partial charge in [-0.1, -0.05) is 36.7 Å². The summed E-state index contributed by atoms with van der Waals surface area (Å²) < 4.78 is 3.38. The van der Waals surface area contributed by atoms with Crippen molar-refractivity contribution in [3.63, 3.8) is 0 Å². The first kappa shape index (κ1) is 15.8. The van der Waals surface area contributed by atoms with Crippen LogP contribution < -0.4 is 5.32 Å². The van der Waals surface area contributed by atoms with E-state index >= 15 is 0 Å². The van der Waals surface area contributed by atoms with E-state index in [0.717, 1.165) is 28.4 Å². The number of fused-ring (bicyclic) bond motifs is 2. The molecule has 1 aliphatic rings. The third-order valence-corrected chi connectivity index (χ3v) is 6.08. The van der Waals surface area contributed by atoms with Crippen LogP contribution in [0.4, 0.5) is 5.13 Å². The molecule has 5 nitrogen and oxygen atoms in total. The predicted octanol–water partition coefficient (Wildman–Crippen LogP) is 4.83. The lowest BCUT2D eigenvalue weighted by Crippen LogP contribution is -2.21. The van der Waals surface area contributed by atoms with E-state index in [-0.39, 0.29) is 0 Å². The average Bonchev–Trinajstić information content (AvgIpc) is 3.26. The van der Waals surface area contributed by atoms with Gasteiger partial charge in [-0.2, -0.15) is 0 Å². The molecule has 1 fully saturated rings. The molecule has 0 radical (unpaired) electrons. The lowest BCUT2D eigenvalue weighted by molar-refractivity contribution is 0.462. The number of thiazole rings is 1. The van der Waals surface area contributed by atoms with Gasteiger partial charge in [-0.05, 0) is 42.7 Å². The molecule has 1 saturated carbocycles. The molecule has 1 N–H and O–H groups in total. The number of nitrogens with zero attached hydrogens (tertiary/aromatic N) is 4. The van der Waals surface area contributed by atoms with Gasteiger partial charge in [0.1, 0.15) is 0 Å². The molecule has 0 saturated heterocycles. The van der Waals surface area contributed by atoms with Crippen LogP contribution in [0.5, 0.6) is 0 Å². The normalized spacial score (nSPS) is 15.7. The fraction of sp³-hybridized carbons (Fsp3) is 0.350. The zero-order valence-corrected chi connectivity index (χ0v) is 15.4. The van der Waals surface area contributed by atoms with Crippen LogP contribution in [0.15, 0.2) is 42.9 Å². The van der Waals surface area contributed by atoms with E-state index in [0.29, 0.717) is 6.04 Å². The summed E-state index contributed by atoms with van der Waals surface area (Å²) in [6.45, 7) is 0.793. The van der Waals surface area contributed by atoms with E-state index in [1.165, 1.54) is 42.4 Å². The molecule has 26 heavy (non-hydrogen) atoms. The van der Waals surface area contributed by atoms with Crippen molar-refractivity contribution in [3.8, 4) is 0 Å². The maximum Gasteiger partial charge on any atom is 0.184 e. The highest BCUT2D eigenvalue weighted by molar-refractivity contribution is 7.22. The second-order valence-corrected chi connectivity index (χ2v) is 8.05. The molecule has 3 heterocycles. The third-order valence-electron chi connectivity index (χ3n) is 5.13. The summed E-state index contributed by atoms with van der Waals surface area (Å²) in [5, 5.41) is 4.70. The van der Waals surface area contributed by atoms with E-state index in [9.17, 15) is 0 Å². The fourth-order valence-corrected chi connectivity index (χ4v) is 4.78. The molecular weight excluding hydrogens is 342 g/mol. The van der Waals surface area contributed by atoms with Gasteiger partial charge in [0, 0.05) is 18.8 Å². The number of imidazole rings is 1. The Balaban J connectivity index is 1.39. The number of hydrogen-bond acceptors (Lipinski definition) is 5. The second kappa shape index (κ2) is 6.68. The van der Waals surface area contributed by atoms with Crippen LogP contribution in [0.3, 0.4) is 0 Å². The van der Waals surface area contributed by atoms with Crippen molar-refractivity contribution < 1.29 is 0 Å². The second-order valence-electron chi connectivity index (χ2n) is 7.02. The Morgan fingerprint density at radius 2 is 2.04 bits per heavy atom. The summed E-state index contributed by atoms with van der Waals surface area (Å²) >= 11 is 1.76. The van der Waals surface area contributed by atoms with Crippen LogP contribution in [-0.4, -0.2) is 25.6 Å². The van der Waals surface area contributed by atoms with Gasteiger partial charge in [0.15, 0.2) is 10.8 Å². The van der Waals surface area contributed by atoms with E-state index in [2.05, 4.69) is 44.1 Å². The van der Waals surface area contributed by atoms with Gasteiger partial charge < -0.3 is 9.88 Å². The van der Waals surface area contributed by atoms with Gasteiger partial charge in [-0.3, -0.25) is 0 Å². The zero-order valence-electron chi connectivity index (χ0n) is 14.6. The van der Waals surface area contributed by atoms with E-state index < -0.39 is 0 Å². The predicted molar refractivity (Wildman–Crippen MR) is 107 cm³/mol. The Hall–Kier alpha value is -2.47. The molecule has 132 valence electrons. The Kier molecular flexibility index (Phi) is 4.05. The van der Waals surface area contributed by atoms with Crippen LogP contribution in [0.2, 0.25) is 0 Å². The molecule has 0 aliphatic heterocycles. The minimum atomic E-state index is 0.591. The third kappa shape index (κ3) is 3.05. The topological polar surface area (TPSA) is 55.6 Å². The first-order valence-electron chi connectivity index (χ1n) is 9.27. The van der Waals surface area contributed by atoms with Crippen molar-refractivity contribution in [2.24, 2.45) is 0 Å². The molecule has 0 unspecified atom stereocenters. The minimum absolute atomic E-state index is 0.591. The van der Waals surface area contributed by atoms with Gasteiger partial charge in [0.05, 0.1) is 22.1 Å². The van der Waals surface area contributed by atoms with Gasteiger partial charge in [0.2, 0.25) is 0 Å². The molecule has 1 aliphatic carbocycles. The monoisotopic (exact) mass is 363 g/mol. The standard InChI is InChI=1S/C20H21N5S/c1-2-5-15(6-3-1)23-20-24-16-9-8-14(11-18(16)26-20)12-25-13-22-19-17(25)7-4-10-21-19/h4,7-11,13,15H,1-3,5-6,12H2,(H,23,24). The molecule has 6 heteroatoms. The molecule has 0 atom stereocenters. The van der Waals surface area contributed by atoms with Crippen molar-refractivity contribution in [2.75, 3.05) is 5.32 Å². The molecule has 0 spiro atoms. The molecule has 0 bridgehead atoms. The molecule has 4 aromatic rings. The lowest BCUT2D eigenvalue weighted by atomic mass is 9.96. The quantitative estimate of drug-likeness (QED) is 0.564. The summed E-state index contributed by atoms with van der Waals surface area (Å²) in [6.07, 6.45) is 10.2. The van der Waals surface area contributed by atoms with Crippen LogP contribution >= 0.6 is 11.3 Å². The summed E-state index contributed by atoms with van der Waals surface area (Å²) in [6, 6.07) is 11.2. The number of rotatable bonds is 4. The van der Waals surface area contributed by atoms with Crippen molar-refractivity contribution in [3.05, 3.63) is 48.4 Å². The SMILES string of the molecule is c1cnc2ncn(Cc3ccc4nc(NC5CCCCC5)sc4c3)c2c1. The van der Waals surface area contributed by atoms with Gasteiger partial charge in [0.25, 0.3) is 0 Å². The Bertz CT molecular complexity index is 1040. The first-order chi connectivity index (χ1) is 12.8. The highest BCUT2D eigenvalue weighted by Crippen LogP contribution is 2.30. The van der Waals surface area contributed by atoms with Crippen LogP contribution in [0.1, 0.15) is 37.7 Å². The molecule has 1 aromatic carbocycles. The Morgan fingerprint density at radius 1 is 1.12 bits per heavy atom. The maximum atomic E-state index is 4.77. The number of anilines is 1. The van der Waals surface area contributed by atoms with Crippen LogP contribution in [-0.2, 0) is 6.54 Å². The van der Waals surface area contributed by atoms with Gasteiger partial charge in [-0.15, -0.1) is 0 Å². The summed E-state index contributed by atoms with van der Waals surface area (Å²) in [4.78, 5) is 13.5. The van der Waals surface area contributed by atoms with Crippen molar-refractivity contribution >= 4 is 37.8 Å². The van der Waals surface area contributed by atoms with Crippen molar-refractivity contribution in [1.29, 1.82) is 0 Å². The highest BCUT2D eigenvalue weighted by atomic mass is 32.1.